The number of aryl methyl sites for hydroxylation is 2. The number of benzene rings is 2. The Hall–Kier alpha value is -2.42. The first-order valence-electron chi connectivity index (χ1n) is 8.57. The number of anilines is 1. The summed E-state index contributed by atoms with van der Waals surface area (Å²) < 4.78 is 0. The predicted octanol–water partition coefficient (Wildman–Crippen LogP) is 4.94. The summed E-state index contributed by atoms with van der Waals surface area (Å²) in [6.07, 6.45) is 3.84. The Kier molecular flexibility index (Phi) is 6.74. The van der Waals surface area contributed by atoms with Gasteiger partial charge < -0.3 is 5.32 Å². The van der Waals surface area contributed by atoms with E-state index in [2.05, 4.69) is 12.2 Å². The molecule has 2 rings (SSSR count). The Bertz CT molecular complexity index is 672. The minimum absolute atomic E-state index is 0.0000588. The molecular weight excluding hydrogens is 298 g/mol. The van der Waals surface area contributed by atoms with Gasteiger partial charge in [-0.25, -0.2) is 0 Å². The number of carbonyl (C=O) groups excluding carboxylic acids is 2. The van der Waals surface area contributed by atoms with E-state index in [0.717, 1.165) is 17.7 Å². The highest BCUT2D eigenvalue weighted by molar-refractivity contribution is 6.00. The number of hydrogen-bond acceptors (Lipinski definition) is 2. The molecule has 0 atom stereocenters. The van der Waals surface area contributed by atoms with Crippen LogP contribution in [-0.2, 0) is 11.2 Å². The lowest BCUT2D eigenvalue weighted by Gasteiger charge is -2.07. The minimum Gasteiger partial charge on any atom is -0.326 e. The molecule has 2 aromatic rings. The van der Waals surface area contributed by atoms with E-state index in [4.69, 9.17) is 0 Å². The summed E-state index contributed by atoms with van der Waals surface area (Å²) >= 11 is 0. The third-order valence-electron chi connectivity index (χ3n) is 4.01. The molecule has 0 aliphatic carbocycles. The van der Waals surface area contributed by atoms with Gasteiger partial charge in [-0.15, -0.1) is 0 Å². The van der Waals surface area contributed by atoms with Crippen LogP contribution in [0.3, 0.4) is 0 Å². The van der Waals surface area contributed by atoms with E-state index >= 15 is 0 Å². The number of rotatable bonds is 8. The highest BCUT2D eigenvalue weighted by atomic mass is 16.2. The zero-order valence-corrected chi connectivity index (χ0v) is 14.5. The Morgan fingerprint density at radius 3 is 2.21 bits per heavy atom. The normalized spacial score (nSPS) is 10.4. The monoisotopic (exact) mass is 323 g/mol. The quantitative estimate of drug-likeness (QED) is 0.699. The maximum atomic E-state index is 12.1. The molecule has 1 amide bonds. The van der Waals surface area contributed by atoms with Crippen LogP contribution in [0.5, 0.6) is 0 Å². The molecule has 0 saturated carbocycles. The molecule has 3 nitrogen and oxygen atoms in total. The van der Waals surface area contributed by atoms with Crippen LogP contribution in [0.1, 0.15) is 54.1 Å². The highest BCUT2D eigenvalue weighted by Gasteiger charge is 2.09. The molecule has 126 valence electrons. The van der Waals surface area contributed by atoms with Crippen LogP contribution in [0.2, 0.25) is 0 Å². The van der Waals surface area contributed by atoms with Gasteiger partial charge in [0.2, 0.25) is 5.91 Å². The average molecular weight is 323 g/mol. The first-order valence-corrected chi connectivity index (χ1v) is 8.57. The molecular formula is C21H25NO2. The van der Waals surface area contributed by atoms with Crippen molar-refractivity contribution in [3.05, 3.63) is 65.2 Å². The average Bonchev–Trinajstić information content (AvgIpc) is 2.59. The topological polar surface area (TPSA) is 46.2 Å². The Balaban J connectivity index is 1.80. The second kappa shape index (κ2) is 9.02. The number of unbranched alkanes of at least 4 members (excludes halogenated alkanes) is 1. The lowest BCUT2D eigenvalue weighted by atomic mass is 10.0. The first-order chi connectivity index (χ1) is 11.6. The highest BCUT2D eigenvalue weighted by Crippen LogP contribution is 2.13. The molecule has 3 heteroatoms. The zero-order valence-electron chi connectivity index (χ0n) is 14.5. The molecule has 2 aromatic carbocycles. The van der Waals surface area contributed by atoms with E-state index in [1.807, 2.05) is 55.5 Å². The second-order valence-corrected chi connectivity index (χ2v) is 6.14. The van der Waals surface area contributed by atoms with Gasteiger partial charge in [0.15, 0.2) is 5.78 Å². The smallest absolute Gasteiger partial charge is 0.224 e. The fourth-order valence-corrected chi connectivity index (χ4v) is 2.47. The Morgan fingerprint density at radius 2 is 1.58 bits per heavy atom. The Morgan fingerprint density at radius 1 is 0.917 bits per heavy atom. The van der Waals surface area contributed by atoms with Gasteiger partial charge in [0.25, 0.3) is 0 Å². The first kappa shape index (κ1) is 17.9. The lowest BCUT2D eigenvalue weighted by molar-refractivity contribution is -0.116. The van der Waals surface area contributed by atoms with Crippen LogP contribution >= 0.6 is 0 Å². The van der Waals surface area contributed by atoms with Gasteiger partial charge in [0, 0.05) is 24.1 Å². The van der Waals surface area contributed by atoms with Crippen LogP contribution in [-0.4, -0.2) is 11.7 Å². The maximum absolute atomic E-state index is 12.1. The third-order valence-corrected chi connectivity index (χ3v) is 4.01. The summed E-state index contributed by atoms with van der Waals surface area (Å²) in [6, 6.07) is 15.4. The summed E-state index contributed by atoms with van der Waals surface area (Å²) in [5.41, 5.74) is 3.84. The molecule has 0 aliphatic rings. The fourth-order valence-electron chi connectivity index (χ4n) is 2.47. The lowest BCUT2D eigenvalue weighted by Crippen LogP contribution is -2.13. The number of ketones is 1. The van der Waals surface area contributed by atoms with Crippen LogP contribution < -0.4 is 5.32 Å². The summed E-state index contributed by atoms with van der Waals surface area (Å²) in [5, 5.41) is 2.85. The third kappa shape index (κ3) is 5.65. The Labute approximate surface area is 144 Å². The summed E-state index contributed by atoms with van der Waals surface area (Å²) in [5.74, 6) is -0.128. The van der Waals surface area contributed by atoms with E-state index in [1.165, 1.54) is 18.4 Å². The molecule has 0 radical (unpaired) electrons. The van der Waals surface area contributed by atoms with Gasteiger partial charge in [-0.1, -0.05) is 55.3 Å². The van der Waals surface area contributed by atoms with Crippen molar-refractivity contribution in [3.63, 3.8) is 0 Å². The summed E-state index contributed by atoms with van der Waals surface area (Å²) in [4.78, 5) is 24.1. The largest absolute Gasteiger partial charge is 0.326 e. The molecule has 0 fully saturated rings. The van der Waals surface area contributed by atoms with Crippen molar-refractivity contribution in [2.75, 3.05) is 5.32 Å². The maximum Gasteiger partial charge on any atom is 0.224 e. The molecule has 0 aromatic heterocycles. The predicted molar refractivity (Wildman–Crippen MR) is 98.4 cm³/mol. The number of hydrogen-bond donors (Lipinski definition) is 1. The SMILES string of the molecule is CCCCc1ccc(NC(=O)CCC(=O)c2ccc(C)cc2)cc1. The van der Waals surface area contributed by atoms with Crippen molar-refractivity contribution >= 4 is 17.4 Å². The van der Waals surface area contributed by atoms with Crippen molar-refractivity contribution in [2.24, 2.45) is 0 Å². The van der Waals surface area contributed by atoms with Crippen molar-refractivity contribution in [1.82, 2.24) is 0 Å². The number of carbonyl (C=O) groups is 2. The van der Waals surface area contributed by atoms with E-state index in [9.17, 15) is 9.59 Å². The number of amides is 1. The van der Waals surface area contributed by atoms with Crippen LogP contribution in [0, 0.1) is 6.92 Å². The van der Waals surface area contributed by atoms with Gasteiger partial charge in [0.05, 0.1) is 0 Å². The van der Waals surface area contributed by atoms with Crippen LogP contribution in [0.4, 0.5) is 5.69 Å². The summed E-state index contributed by atoms with van der Waals surface area (Å²) in [7, 11) is 0. The molecule has 0 unspecified atom stereocenters. The van der Waals surface area contributed by atoms with Crippen LogP contribution in [0.15, 0.2) is 48.5 Å². The fraction of sp³-hybridized carbons (Fsp3) is 0.333. The van der Waals surface area contributed by atoms with E-state index < -0.39 is 0 Å². The number of nitrogens with one attached hydrogen (secondary N) is 1. The van der Waals surface area contributed by atoms with Gasteiger partial charge in [-0.2, -0.15) is 0 Å². The zero-order chi connectivity index (χ0) is 17.4. The van der Waals surface area contributed by atoms with Gasteiger partial charge in [0.1, 0.15) is 0 Å². The van der Waals surface area contributed by atoms with Crippen LogP contribution in [0.25, 0.3) is 0 Å². The minimum atomic E-state index is -0.128. The molecule has 0 bridgehead atoms. The molecule has 1 N–H and O–H groups in total. The van der Waals surface area contributed by atoms with Crippen molar-refractivity contribution in [2.45, 2.75) is 46.0 Å². The molecule has 0 aliphatic heterocycles. The van der Waals surface area contributed by atoms with Gasteiger partial charge >= 0.3 is 0 Å². The van der Waals surface area contributed by atoms with E-state index in [1.54, 1.807) is 0 Å². The second-order valence-electron chi connectivity index (χ2n) is 6.14. The molecule has 0 heterocycles. The van der Waals surface area contributed by atoms with Crippen molar-refractivity contribution < 1.29 is 9.59 Å². The van der Waals surface area contributed by atoms with Gasteiger partial charge in [-0.3, -0.25) is 9.59 Å². The van der Waals surface area contributed by atoms with E-state index in [0.29, 0.717) is 5.56 Å². The van der Waals surface area contributed by atoms with Crippen molar-refractivity contribution in [3.8, 4) is 0 Å². The van der Waals surface area contributed by atoms with E-state index in [-0.39, 0.29) is 24.5 Å². The molecule has 24 heavy (non-hydrogen) atoms. The summed E-state index contributed by atoms with van der Waals surface area (Å²) in [6.45, 7) is 4.15. The number of Topliss-reactive ketones (excluding diaryl/α,β-unsaturated/α-hetero) is 1. The standard InChI is InChI=1S/C21H25NO2/c1-3-4-5-17-8-12-19(13-9-17)22-21(24)15-14-20(23)18-10-6-16(2)7-11-18/h6-13H,3-5,14-15H2,1-2H3,(H,22,24). The van der Waals surface area contributed by atoms with Gasteiger partial charge in [-0.05, 0) is 37.5 Å². The molecule has 0 saturated heterocycles. The van der Waals surface area contributed by atoms with Crippen molar-refractivity contribution in [1.29, 1.82) is 0 Å². The molecule has 0 spiro atoms.